The van der Waals surface area contributed by atoms with Gasteiger partial charge in [0.15, 0.2) is 0 Å². The highest BCUT2D eigenvalue weighted by atomic mass is 16.6. The van der Waals surface area contributed by atoms with E-state index in [1.54, 1.807) is 4.90 Å². The lowest BCUT2D eigenvalue weighted by Gasteiger charge is -2.41. The molecule has 1 aliphatic rings. The largest absolute Gasteiger partial charge is 0.481 e. The summed E-state index contributed by atoms with van der Waals surface area (Å²) in [6, 6.07) is 0.0333. The van der Waals surface area contributed by atoms with Crippen LogP contribution in [0.1, 0.15) is 40.0 Å². The third-order valence-electron chi connectivity index (χ3n) is 2.46. The molecule has 5 nitrogen and oxygen atoms in total. The number of hydrogen-bond acceptors (Lipinski definition) is 3. The van der Waals surface area contributed by atoms with Gasteiger partial charge in [0.2, 0.25) is 0 Å². The first kappa shape index (κ1) is 12.8. The third-order valence-corrected chi connectivity index (χ3v) is 2.46. The highest BCUT2D eigenvalue weighted by molar-refractivity contribution is 5.70. The van der Waals surface area contributed by atoms with Crippen molar-refractivity contribution < 1.29 is 19.4 Å². The van der Waals surface area contributed by atoms with E-state index in [2.05, 4.69) is 0 Å². The van der Waals surface area contributed by atoms with E-state index in [0.29, 0.717) is 13.0 Å². The van der Waals surface area contributed by atoms with E-state index >= 15 is 0 Å². The van der Waals surface area contributed by atoms with Gasteiger partial charge in [-0.15, -0.1) is 0 Å². The fourth-order valence-electron chi connectivity index (χ4n) is 1.59. The van der Waals surface area contributed by atoms with Gasteiger partial charge in [0, 0.05) is 19.0 Å². The number of aliphatic carboxylic acids is 1. The molecule has 1 amide bonds. The molecule has 1 saturated heterocycles. The Labute approximate surface area is 95.4 Å². The number of carboxylic acids is 1. The number of carbonyl (C=O) groups is 2. The zero-order valence-corrected chi connectivity index (χ0v) is 10.0. The highest BCUT2D eigenvalue weighted by Gasteiger charge is 2.34. The molecule has 0 saturated carbocycles. The zero-order chi connectivity index (χ0) is 12.3. The second-order valence-corrected chi connectivity index (χ2v) is 5.05. The van der Waals surface area contributed by atoms with Gasteiger partial charge in [0.05, 0.1) is 0 Å². The fourth-order valence-corrected chi connectivity index (χ4v) is 1.59. The number of carboxylic acid groups (broad SMARTS) is 1. The van der Waals surface area contributed by atoms with Crippen molar-refractivity contribution in [3.63, 3.8) is 0 Å². The van der Waals surface area contributed by atoms with Crippen LogP contribution in [0.5, 0.6) is 0 Å². The highest BCUT2D eigenvalue weighted by Crippen LogP contribution is 2.24. The summed E-state index contributed by atoms with van der Waals surface area (Å²) >= 11 is 0. The summed E-state index contributed by atoms with van der Waals surface area (Å²) in [5.41, 5.74) is -0.496. The van der Waals surface area contributed by atoms with Crippen molar-refractivity contribution in [3.8, 4) is 0 Å². The van der Waals surface area contributed by atoms with E-state index in [1.807, 2.05) is 20.8 Å². The average molecular weight is 229 g/mol. The van der Waals surface area contributed by atoms with Crippen LogP contribution < -0.4 is 0 Å². The summed E-state index contributed by atoms with van der Waals surface area (Å²) < 4.78 is 5.22. The van der Waals surface area contributed by atoms with Crippen LogP contribution in [0.25, 0.3) is 0 Å². The van der Waals surface area contributed by atoms with Gasteiger partial charge < -0.3 is 14.7 Å². The Balaban J connectivity index is 2.37. The number of likely N-dealkylation sites (tertiary alicyclic amines) is 1. The molecule has 0 radical (unpaired) electrons. The molecule has 0 aromatic heterocycles. The summed E-state index contributed by atoms with van der Waals surface area (Å²) in [7, 11) is 0. The summed E-state index contributed by atoms with van der Waals surface area (Å²) in [6.45, 7) is 6.12. The Morgan fingerprint density at radius 3 is 2.44 bits per heavy atom. The second-order valence-electron chi connectivity index (χ2n) is 5.05. The Hall–Kier alpha value is -1.26. The minimum Gasteiger partial charge on any atom is -0.481 e. The molecule has 0 aromatic rings. The quantitative estimate of drug-likeness (QED) is 0.802. The molecule has 0 bridgehead atoms. The van der Waals surface area contributed by atoms with Gasteiger partial charge in [0.1, 0.15) is 5.60 Å². The predicted molar refractivity (Wildman–Crippen MR) is 58.2 cm³/mol. The summed E-state index contributed by atoms with van der Waals surface area (Å²) in [4.78, 5) is 23.7. The lowest BCUT2D eigenvalue weighted by molar-refractivity contribution is -0.137. The molecule has 0 aliphatic carbocycles. The molecule has 1 unspecified atom stereocenters. The summed E-state index contributed by atoms with van der Waals surface area (Å²) in [5, 5.41) is 8.56. The van der Waals surface area contributed by atoms with E-state index in [9.17, 15) is 9.59 Å². The van der Waals surface area contributed by atoms with Crippen molar-refractivity contribution in [2.45, 2.75) is 51.7 Å². The molecule has 1 aliphatic heterocycles. The van der Waals surface area contributed by atoms with Crippen LogP contribution in [0, 0.1) is 0 Å². The average Bonchev–Trinajstić information content (AvgIpc) is 1.96. The van der Waals surface area contributed by atoms with E-state index in [4.69, 9.17) is 9.84 Å². The first-order valence-corrected chi connectivity index (χ1v) is 5.51. The molecular weight excluding hydrogens is 210 g/mol. The van der Waals surface area contributed by atoms with Gasteiger partial charge in [-0.2, -0.15) is 0 Å². The number of nitrogens with zero attached hydrogens (tertiary/aromatic N) is 1. The molecule has 1 fully saturated rings. The Morgan fingerprint density at radius 1 is 1.44 bits per heavy atom. The topological polar surface area (TPSA) is 66.8 Å². The molecule has 5 heteroatoms. The molecule has 1 atom stereocenters. The number of hydrogen-bond donors (Lipinski definition) is 1. The molecule has 1 N–H and O–H groups in total. The van der Waals surface area contributed by atoms with Crippen molar-refractivity contribution in [1.82, 2.24) is 4.90 Å². The molecular formula is C11H19NO4. The minimum atomic E-state index is -0.823. The lowest BCUT2D eigenvalue weighted by atomic mass is 9.99. The van der Waals surface area contributed by atoms with Crippen molar-refractivity contribution in [3.05, 3.63) is 0 Å². The molecule has 1 rings (SSSR count). The van der Waals surface area contributed by atoms with Crippen LogP contribution in [-0.2, 0) is 9.53 Å². The summed E-state index contributed by atoms with van der Waals surface area (Å²) in [6.07, 6.45) is 1.14. The van der Waals surface area contributed by atoms with Gasteiger partial charge >= 0.3 is 12.1 Å². The Bertz CT molecular complexity index is 282. The van der Waals surface area contributed by atoms with E-state index < -0.39 is 11.6 Å². The molecule has 16 heavy (non-hydrogen) atoms. The van der Waals surface area contributed by atoms with E-state index in [-0.39, 0.29) is 18.6 Å². The van der Waals surface area contributed by atoms with Crippen molar-refractivity contribution in [2.24, 2.45) is 0 Å². The first-order valence-electron chi connectivity index (χ1n) is 5.51. The Kier molecular flexibility index (Phi) is 3.78. The molecule has 1 heterocycles. The van der Waals surface area contributed by atoms with Gasteiger partial charge in [-0.1, -0.05) is 0 Å². The first-order chi connectivity index (χ1) is 7.29. The number of rotatable bonds is 3. The van der Waals surface area contributed by atoms with Crippen LogP contribution in [0.3, 0.4) is 0 Å². The van der Waals surface area contributed by atoms with Crippen LogP contribution >= 0.6 is 0 Å². The SMILES string of the molecule is CC(C)(C)OC(=O)N1CCC1CCC(=O)O. The second kappa shape index (κ2) is 4.72. The van der Waals surface area contributed by atoms with Crippen LogP contribution in [0.2, 0.25) is 0 Å². The third kappa shape index (κ3) is 3.72. The fraction of sp³-hybridized carbons (Fsp3) is 0.818. The molecule has 0 aromatic carbocycles. The standard InChI is InChI=1S/C11H19NO4/c1-11(2,3)16-10(15)12-7-6-8(12)4-5-9(13)14/h8H,4-7H2,1-3H3,(H,13,14). The van der Waals surface area contributed by atoms with E-state index in [0.717, 1.165) is 6.42 Å². The van der Waals surface area contributed by atoms with Gasteiger partial charge in [-0.3, -0.25) is 4.79 Å². The van der Waals surface area contributed by atoms with Crippen molar-refractivity contribution >= 4 is 12.1 Å². The number of ether oxygens (including phenoxy) is 1. The van der Waals surface area contributed by atoms with Crippen LogP contribution in [0.4, 0.5) is 4.79 Å². The van der Waals surface area contributed by atoms with E-state index in [1.165, 1.54) is 0 Å². The lowest BCUT2D eigenvalue weighted by Crippen LogP contribution is -2.52. The van der Waals surface area contributed by atoms with Crippen molar-refractivity contribution in [1.29, 1.82) is 0 Å². The molecule has 92 valence electrons. The normalized spacial score (nSPS) is 20.2. The molecule has 0 spiro atoms. The minimum absolute atomic E-state index is 0.0333. The van der Waals surface area contributed by atoms with Gasteiger partial charge in [0.25, 0.3) is 0 Å². The van der Waals surface area contributed by atoms with Gasteiger partial charge in [-0.05, 0) is 33.6 Å². The zero-order valence-electron chi connectivity index (χ0n) is 10.0. The maximum Gasteiger partial charge on any atom is 0.410 e. The Morgan fingerprint density at radius 2 is 2.06 bits per heavy atom. The summed E-state index contributed by atoms with van der Waals surface area (Å²) in [5.74, 6) is -0.823. The maximum absolute atomic E-state index is 11.7. The maximum atomic E-state index is 11.7. The number of carbonyl (C=O) groups excluding carboxylic acids is 1. The van der Waals surface area contributed by atoms with Crippen LogP contribution in [-0.4, -0.2) is 40.3 Å². The monoisotopic (exact) mass is 229 g/mol. The predicted octanol–water partition coefficient (Wildman–Crippen LogP) is 1.86. The smallest absolute Gasteiger partial charge is 0.410 e. The number of amides is 1. The van der Waals surface area contributed by atoms with Gasteiger partial charge in [-0.25, -0.2) is 4.79 Å². The van der Waals surface area contributed by atoms with Crippen molar-refractivity contribution in [2.75, 3.05) is 6.54 Å². The van der Waals surface area contributed by atoms with Crippen LogP contribution in [0.15, 0.2) is 0 Å².